The van der Waals surface area contributed by atoms with Crippen LogP contribution in [0.2, 0.25) is 0 Å². The predicted molar refractivity (Wildman–Crippen MR) is 149 cm³/mol. The minimum atomic E-state index is 0.0415. The van der Waals surface area contributed by atoms with Gasteiger partial charge in [0.1, 0.15) is 11.5 Å². The molecule has 0 fully saturated rings. The first kappa shape index (κ1) is 28.4. The molecule has 2 unspecified atom stereocenters. The first-order valence-electron chi connectivity index (χ1n) is 13.0. The molecular formula is C29H46N2O2S. The van der Waals surface area contributed by atoms with Gasteiger partial charge in [0.05, 0.1) is 0 Å². The van der Waals surface area contributed by atoms with E-state index >= 15 is 0 Å². The van der Waals surface area contributed by atoms with Gasteiger partial charge in [-0.15, -0.1) is 0 Å². The number of benzene rings is 1. The molecule has 1 aliphatic carbocycles. The van der Waals surface area contributed by atoms with Crippen LogP contribution in [-0.2, 0) is 6.42 Å². The molecule has 190 valence electrons. The summed E-state index contributed by atoms with van der Waals surface area (Å²) in [6.07, 6.45) is 12.1. The summed E-state index contributed by atoms with van der Waals surface area (Å²) in [5.74, 6) is 1.30. The van der Waals surface area contributed by atoms with Gasteiger partial charge in [-0.1, -0.05) is 50.0 Å². The zero-order valence-electron chi connectivity index (χ0n) is 22.1. The highest BCUT2D eigenvalue weighted by Gasteiger charge is 2.31. The third kappa shape index (κ3) is 9.07. The maximum atomic E-state index is 11.2. The molecule has 0 heterocycles. The average molecular weight is 487 g/mol. The van der Waals surface area contributed by atoms with Gasteiger partial charge in [-0.2, -0.15) is 0 Å². The number of rotatable bonds is 13. The second-order valence-electron chi connectivity index (χ2n) is 10.2. The lowest BCUT2D eigenvalue weighted by Gasteiger charge is -2.32. The van der Waals surface area contributed by atoms with Crippen LogP contribution in [0.3, 0.4) is 0 Å². The number of ether oxygens (including phenoxy) is 1. The Morgan fingerprint density at radius 1 is 1.21 bits per heavy atom. The van der Waals surface area contributed by atoms with Gasteiger partial charge >= 0.3 is 0 Å². The second-order valence-corrected chi connectivity index (χ2v) is 10.6. The molecule has 34 heavy (non-hydrogen) atoms. The van der Waals surface area contributed by atoms with Gasteiger partial charge in [-0.05, 0) is 109 Å². The van der Waals surface area contributed by atoms with E-state index in [0.717, 1.165) is 68.3 Å². The van der Waals surface area contributed by atoms with Crippen molar-refractivity contribution in [3.63, 3.8) is 0 Å². The predicted octanol–water partition coefficient (Wildman–Crippen LogP) is 7.13. The van der Waals surface area contributed by atoms with E-state index in [1.165, 1.54) is 24.8 Å². The van der Waals surface area contributed by atoms with E-state index in [4.69, 9.17) is 17.0 Å². The van der Waals surface area contributed by atoms with Gasteiger partial charge in [0, 0.05) is 18.0 Å². The summed E-state index contributed by atoms with van der Waals surface area (Å²) in [6, 6.07) is 4.01. The van der Waals surface area contributed by atoms with E-state index in [1.54, 1.807) is 0 Å². The number of thiocarbonyl (C=S) groups is 1. The van der Waals surface area contributed by atoms with Crippen LogP contribution in [0.1, 0.15) is 89.2 Å². The zero-order chi connectivity index (χ0) is 25.1. The first-order chi connectivity index (χ1) is 16.2. The third-order valence-electron chi connectivity index (χ3n) is 6.72. The molecule has 0 radical (unpaired) electrons. The van der Waals surface area contributed by atoms with Crippen molar-refractivity contribution in [1.29, 1.82) is 0 Å². The number of phenolic OH excluding ortho intramolecular Hbond substituents is 1. The van der Waals surface area contributed by atoms with Crippen LogP contribution in [0.25, 0.3) is 0 Å². The fraction of sp³-hybridized carbons (Fsp3) is 0.621. The molecule has 2 atom stereocenters. The fourth-order valence-corrected chi connectivity index (χ4v) is 4.96. The highest BCUT2D eigenvalue weighted by Crippen LogP contribution is 2.47. The summed E-state index contributed by atoms with van der Waals surface area (Å²) in [5, 5.41) is 14.8. The van der Waals surface area contributed by atoms with Crippen LogP contribution in [0.15, 0.2) is 35.9 Å². The van der Waals surface area contributed by atoms with Crippen LogP contribution in [0, 0.1) is 5.92 Å². The molecule has 2 N–H and O–H groups in total. The molecule has 0 amide bonds. The summed E-state index contributed by atoms with van der Waals surface area (Å²) >= 11 is 5.56. The molecule has 2 rings (SSSR count). The Kier molecular flexibility index (Phi) is 12.1. The van der Waals surface area contributed by atoms with Crippen molar-refractivity contribution >= 4 is 17.4 Å². The van der Waals surface area contributed by atoms with E-state index in [9.17, 15) is 5.11 Å². The van der Waals surface area contributed by atoms with Gasteiger partial charge in [-0.3, -0.25) is 0 Å². The number of allylic oxidation sites excluding steroid dienone is 3. The minimum absolute atomic E-state index is 0.0415. The topological polar surface area (TPSA) is 44.7 Å². The lowest BCUT2D eigenvalue weighted by molar-refractivity contribution is 0.391. The molecule has 0 spiro atoms. The number of aromatic hydroxyl groups is 1. The maximum absolute atomic E-state index is 11.2. The van der Waals surface area contributed by atoms with Crippen molar-refractivity contribution < 1.29 is 9.84 Å². The summed E-state index contributed by atoms with van der Waals surface area (Å²) < 4.78 is 6.23. The molecule has 1 aromatic carbocycles. The molecule has 0 bridgehead atoms. The molecule has 0 aromatic heterocycles. The SMILES string of the molecule is C=C(C)C1CCC(C)=CC1c1c(O)cc(CCCCC)cc1OC(=S)NCCCCCN(C)C. The molecule has 4 nitrogen and oxygen atoms in total. The van der Waals surface area contributed by atoms with Crippen LogP contribution >= 0.6 is 12.2 Å². The second kappa shape index (κ2) is 14.5. The highest BCUT2D eigenvalue weighted by atomic mass is 32.1. The monoisotopic (exact) mass is 486 g/mol. The van der Waals surface area contributed by atoms with E-state index in [0.29, 0.717) is 16.7 Å². The zero-order valence-corrected chi connectivity index (χ0v) is 22.9. The molecule has 1 aliphatic rings. The van der Waals surface area contributed by atoms with Gasteiger partial charge in [0.25, 0.3) is 5.17 Å². The largest absolute Gasteiger partial charge is 0.507 e. The molecular weight excluding hydrogens is 440 g/mol. The van der Waals surface area contributed by atoms with E-state index < -0.39 is 0 Å². The van der Waals surface area contributed by atoms with Crippen LogP contribution in [0.4, 0.5) is 0 Å². The smallest absolute Gasteiger partial charge is 0.262 e. The van der Waals surface area contributed by atoms with Crippen molar-refractivity contribution in [3.8, 4) is 11.5 Å². The average Bonchev–Trinajstić information content (AvgIpc) is 2.75. The first-order valence-corrected chi connectivity index (χ1v) is 13.4. The molecule has 5 heteroatoms. The third-order valence-corrected chi connectivity index (χ3v) is 6.94. The Morgan fingerprint density at radius 2 is 1.97 bits per heavy atom. The quantitative estimate of drug-likeness (QED) is 0.176. The summed E-state index contributed by atoms with van der Waals surface area (Å²) in [5.41, 5.74) is 4.42. The Bertz CT molecular complexity index is 847. The van der Waals surface area contributed by atoms with E-state index in [2.05, 4.69) is 63.8 Å². The number of nitrogens with zero attached hydrogens (tertiary/aromatic N) is 1. The summed E-state index contributed by atoms with van der Waals surface area (Å²) in [7, 11) is 4.21. The lowest BCUT2D eigenvalue weighted by atomic mass is 9.73. The summed E-state index contributed by atoms with van der Waals surface area (Å²) in [4.78, 5) is 2.21. The number of phenols is 1. The van der Waals surface area contributed by atoms with Crippen LogP contribution in [-0.4, -0.2) is 42.4 Å². The van der Waals surface area contributed by atoms with Crippen molar-refractivity contribution in [1.82, 2.24) is 10.2 Å². The Labute approximate surface area is 213 Å². The summed E-state index contributed by atoms with van der Waals surface area (Å²) in [6.45, 7) is 12.6. The van der Waals surface area contributed by atoms with Gasteiger partial charge in [-0.25, -0.2) is 0 Å². The molecule has 0 saturated heterocycles. The fourth-order valence-electron chi connectivity index (χ4n) is 4.77. The van der Waals surface area contributed by atoms with Gasteiger partial charge in [0.15, 0.2) is 0 Å². The van der Waals surface area contributed by atoms with Crippen molar-refractivity contribution in [2.24, 2.45) is 5.92 Å². The normalized spacial score (nSPS) is 18.0. The van der Waals surface area contributed by atoms with Crippen molar-refractivity contribution in [2.45, 2.75) is 84.5 Å². The number of hydrogen-bond acceptors (Lipinski definition) is 4. The minimum Gasteiger partial charge on any atom is -0.507 e. The number of unbranched alkanes of at least 4 members (excludes halogenated alkanes) is 4. The van der Waals surface area contributed by atoms with Crippen LogP contribution < -0.4 is 10.1 Å². The number of aryl methyl sites for hydroxylation is 1. The van der Waals surface area contributed by atoms with Gasteiger partial charge in [0.2, 0.25) is 0 Å². The standard InChI is InChI=1S/C29H46N2O2S/c1-7-8-10-13-23-19-26(32)28(25-18-22(4)14-15-24(25)21(2)3)27(20-23)33-29(34)30-16-11-9-12-17-31(5)6/h18-20,24-25,32H,2,7-17H2,1,3-6H3,(H,30,34). The number of hydrogen-bond donors (Lipinski definition) is 2. The van der Waals surface area contributed by atoms with Gasteiger partial charge < -0.3 is 20.1 Å². The molecule has 0 aliphatic heterocycles. The van der Waals surface area contributed by atoms with E-state index in [1.807, 2.05) is 6.07 Å². The Hall–Kier alpha value is -1.85. The lowest BCUT2D eigenvalue weighted by Crippen LogP contribution is -2.28. The van der Waals surface area contributed by atoms with Crippen molar-refractivity contribution in [2.75, 3.05) is 27.2 Å². The maximum Gasteiger partial charge on any atom is 0.262 e. The Morgan fingerprint density at radius 3 is 2.65 bits per heavy atom. The number of nitrogens with one attached hydrogen (secondary N) is 1. The molecule has 0 saturated carbocycles. The van der Waals surface area contributed by atoms with Crippen LogP contribution in [0.5, 0.6) is 11.5 Å². The molecule has 1 aromatic rings. The van der Waals surface area contributed by atoms with Crippen molar-refractivity contribution in [3.05, 3.63) is 47.1 Å². The Balaban J connectivity index is 2.22. The highest BCUT2D eigenvalue weighted by molar-refractivity contribution is 7.80. The van der Waals surface area contributed by atoms with E-state index in [-0.39, 0.29) is 11.8 Å².